The number of carbonyl (C=O) groups excluding carboxylic acids is 1. The highest BCUT2D eigenvalue weighted by molar-refractivity contribution is 6.07. The zero-order chi connectivity index (χ0) is 21.3. The van der Waals surface area contributed by atoms with Crippen molar-refractivity contribution >= 4 is 16.9 Å². The van der Waals surface area contributed by atoms with Crippen molar-refractivity contribution in [3.05, 3.63) is 82.5 Å². The van der Waals surface area contributed by atoms with E-state index in [1.807, 2.05) is 0 Å². The van der Waals surface area contributed by atoms with Crippen molar-refractivity contribution in [1.29, 1.82) is 0 Å². The van der Waals surface area contributed by atoms with Crippen LogP contribution in [0.5, 0.6) is 5.75 Å². The van der Waals surface area contributed by atoms with Gasteiger partial charge in [-0.05, 0) is 42.8 Å². The van der Waals surface area contributed by atoms with Crippen LogP contribution >= 0.6 is 0 Å². The number of aryl methyl sites for hydroxylation is 1. The third-order valence-electron chi connectivity index (χ3n) is 4.88. The smallest absolute Gasteiger partial charge is 0.340 e. The number of nitrogens with zero attached hydrogens (tertiary/aromatic N) is 3. The van der Waals surface area contributed by atoms with Crippen molar-refractivity contribution in [2.45, 2.75) is 6.92 Å². The number of esters is 1. The molecule has 0 aliphatic rings. The maximum atomic E-state index is 13.5. The standard InChI is InChI=1S/C23H19N3O4/c1-14-19(23(28)30-3)20(15-7-9-16(29-2)10-8-15)21-17(25-14)11-13-26(22(21)27)18-6-4-5-12-24-18/h4-13H,1-3H3. The molecule has 3 heterocycles. The van der Waals surface area contributed by atoms with Gasteiger partial charge in [-0.3, -0.25) is 14.3 Å². The van der Waals surface area contributed by atoms with E-state index < -0.39 is 5.97 Å². The molecule has 0 aliphatic carbocycles. The zero-order valence-electron chi connectivity index (χ0n) is 16.7. The molecule has 0 aliphatic heterocycles. The number of hydrogen-bond donors (Lipinski definition) is 0. The van der Waals surface area contributed by atoms with Gasteiger partial charge in [0.2, 0.25) is 0 Å². The summed E-state index contributed by atoms with van der Waals surface area (Å²) >= 11 is 0. The SMILES string of the molecule is COC(=O)c1c(C)nc2ccn(-c3ccccn3)c(=O)c2c1-c1ccc(OC)cc1. The summed E-state index contributed by atoms with van der Waals surface area (Å²) in [6.07, 6.45) is 3.25. The molecule has 30 heavy (non-hydrogen) atoms. The van der Waals surface area contributed by atoms with E-state index in [9.17, 15) is 9.59 Å². The highest BCUT2D eigenvalue weighted by atomic mass is 16.5. The van der Waals surface area contributed by atoms with E-state index >= 15 is 0 Å². The summed E-state index contributed by atoms with van der Waals surface area (Å²) < 4.78 is 11.7. The molecule has 1 aromatic carbocycles. The van der Waals surface area contributed by atoms with Crippen LogP contribution in [0.3, 0.4) is 0 Å². The summed E-state index contributed by atoms with van der Waals surface area (Å²) in [5, 5.41) is 0.319. The van der Waals surface area contributed by atoms with Crippen LogP contribution in [0, 0.1) is 6.92 Å². The predicted octanol–water partition coefficient (Wildman–Crippen LogP) is 3.55. The van der Waals surface area contributed by atoms with Crippen LogP contribution in [0.1, 0.15) is 16.1 Å². The summed E-state index contributed by atoms with van der Waals surface area (Å²) in [5.74, 6) is 0.588. The first kappa shape index (κ1) is 19.3. The van der Waals surface area contributed by atoms with Gasteiger partial charge >= 0.3 is 5.97 Å². The van der Waals surface area contributed by atoms with Crippen molar-refractivity contribution in [2.24, 2.45) is 0 Å². The molecule has 7 nitrogen and oxygen atoms in total. The van der Waals surface area contributed by atoms with Gasteiger partial charge in [-0.2, -0.15) is 0 Å². The number of carbonyl (C=O) groups is 1. The van der Waals surface area contributed by atoms with Crippen LogP contribution in [0.4, 0.5) is 0 Å². The lowest BCUT2D eigenvalue weighted by molar-refractivity contribution is 0.0600. The number of ether oxygens (including phenoxy) is 2. The zero-order valence-corrected chi connectivity index (χ0v) is 16.7. The number of pyridine rings is 3. The molecule has 0 fully saturated rings. The molecule has 0 radical (unpaired) electrons. The number of benzene rings is 1. The van der Waals surface area contributed by atoms with Crippen molar-refractivity contribution in [2.75, 3.05) is 14.2 Å². The summed E-state index contributed by atoms with van der Waals surface area (Å²) in [6.45, 7) is 1.73. The van der Waals surface area contributed by atoms with Crippen molar-refractivity contribution in [3.8, 4) is 22.7 Å². The first-order valence-corrected chi connectivity index (χ1v) is 9.25. The average molecular weight is 401 g/mol. The molecule has 0 unspecified atom stereocenters. The number of hydrogen-bond acceptors (Lipinski definition) is 6. The normalized spacial score (nSPS) is 10.8. The largest absolute Gasteiger partial charge is 0.497 e. The van der Waals surface area contributed by atoms with Crippen LogP contribution in [-0.2, 0) is 4.74 Å². The van der Waals surface area contributed by atoms with Crippen LogP contribution in [0.25, 0.3) is 27.8 Å². The number of methoxy groups -OCH3 is 2. The summed E-state index contributed by atoms with van der Waals surface area (Å²) in [5.41, 5.74) is 2.06. The molecule has 0 atom stereocenters. The Morgan fingerprint density at radius 3 is 2.43 bits per heavy atom. The fraction of sp³-hybridized carbons (Fsp3) is 0.130. The lowest BCUT2D eigenvalue weighted by atomic mass is 9.95. The topological polar surface area (TPSA) is 83.3 Å². The average Bonchev–Trinajstić information content (AvgIpc) is 2.78. The molecule has 7 heteroatoms. The second-order valence-electron chi connectivity index (χ2n) is 6.61. The van der Waals surface area contributed by atoms with Crippen LogP contribution < -0.4 is 10.3 Å². The predicted molar refractivity (Wildman–Crippen MR) is 113 cm³/mol. The minimum Gasteiger partial charge on any atom is -0.497 e. The molecule has 4 rings (SSSR count). The van der Waals surface area contributed by atoms with Crippen molar-refractivity contribution in [3.63, 3.8) is 0 Å². The molecular weight excluding hydrogens is 382 g/mol. The fourth-order valence-corrected chi connectivity index (χ4v) is 3.47. The molecule has 4 aromatic rings. The quantitative estimate of drug-likeness (QED) is 0.486. The van der Waals surface area contributed by atoms with E-state index in [0.29, 0.717) is 39.3 Å². The van der Waals surface area contributed by atoms with Crippen molar-refractivity contribution in [1.82, 2.24) is 14.5 Å². The van der Waals surface area contributed by atoms with Gasteiger partial charge in [-0.1, -0.05) is 18.2 Å². The third kappa shape index (κ3) is 3.20. The maximum Gasteiger partial charge on any atom is 0.340 e. The minimum absolute atomic E-state index is 0.256. The summed E-state index contributed by atoms with van der Waals surface area (Å²) in [4.78, 5) is 34.9. The molecule has 0 saturated carbocycles. The third-order valence-corrected chi connectivity index (χ3v) is 4.88. The second kappa shape index (κ2) is 7.79. The van der Waals surface area contributed by atoms with Gasteiger partial charge in [-0.25, -0.2) is 9.78 Å². The number of fused-ring (bicyclic) bond motifs is 1. The van der Waals surface area contributed by atoms with E-state index in [4.69, 9.17) is 9.47 Å². The molecule has 0 bridgehead atoms. The van der Waals surface area contributed by atoms with Gasteiger partial charge in [0.1, 0.15) is 11.6 Å². The van der Waals surface area contributed by atoms with E-state index in [2.05, 4.69) is 9.97 Å². The lowest BCUT2D eigenvalue weighted by Gasteiger charge is -2.15. The lowest BCUT2D eigenvalue weighted by Crippen LogP contribution is -2.21. The van der Waals surface area contributed by atoms with E-state index in [1.54, 1.807) is 75.0 Å². The molecule has 0 N–H and O–H groups in total. The molecule has 0 saturated heterocycles. The highest BCUT2D eigenvalue weighted by Gasteiger charge is 2.23. The van der Waals surface area contributed by atoms with E-state index in [0.717, 1.165) is 0 Å². The second-order valence-corrected chi connectivity index (χ2v) is 6.61. The molecule has 0 spiro atoms. The first-order chi connectivity index (χ1) is 14.5. The Morgan fingerprint density at radius 1 is 1.03 bits per heavy atom. The van der Waals surface area contributed by atoms with Gasteiger partial charge < -0.3 is 9.47 Å². The Balaban J connectivity index is 2.13. The minimum atomic E-state index is -0.555. The number of aromatic nitrogens is 3. The highest BCUT2D eigenvalue weighted by Crippen LogP contribution is 2.33. The van der Waals surface area contributed by atoms with Crippen LogP contribution in [-0.4, -0.2) is 34.7 Å². The maximum absolute atomic E-state index is 13.5. The Labute approximate surface area is 172 Å². The Kier molecular flexibility index (Phi) is 5.02. The van der Waals surface area contributed by atoms with E-state index in [-0.39, 0.29) is 11.1 Å². The Hall–Kier alpha value is -4.00. The Morgan fingerprint density at radius 2 is 1.80 bits per heavy atom. The van der Waals surface area contributed by atoms with Gasteiger partial charge in [0.05, 0.1) is 36.4 Å². The van der Waals surface area contributed by atoms with E-state index in [1.165, 1.54) is 11.7 Å². The van der Waals surface area contributed by atoms with Gasteiger partial charge in [-0.15, -0.1) is 0 Å². The van der Waals surface area contributed by atoms with Crippen molar-refractivity contribution < 1.29 is 14.3 Å². The molecular formula is C23H19N3O4. The monoisotopic (exact) mass is 401 g/mol. The molecule has 150 valence electrons. The summed E-state index contributed by atoms with van der Waals surface area (Å²) in [7, 11) is 2.88. The summed E-state index contributed by atoms with van der Waals surface area (Å²) in [6, 6.07) is 14.2. The van der Waals surface area contributed by atoms with Crippen LogP contribution in [0.2, 0.25) is 0 Å². The Bertz CT molecular complexity index is 1300. The molecule has 3 aromatic heterocycles. The van der Waals surface area contributed by atoms with Gasteiger partial charge in [0.15, 0.2) is 0 Å². The number of rotatable bonds is 4. The van der Waals surface area contributed by atoms with Gasteiger partial charge in [0, 0.05) is 18.0 Å². The van der Waals surface area contributed by atoms with Crippen LogP contribution in [0.15, 0.2) is 65.7 Å². The molecule has 0 amide bonds. The van der Waals surface area contributed by atoms with Gasteiger partial charge in [0.25, 0.3) is 5.56 Å². The first-order valence-electron chi connectivity index (χ1n) is 9.25. The fourth-order valence-electron chi connectivity index (χ4n) is 3.47.